The third-order valence-corrected chi connectivity index (χ3v) is 5.43. The highest BCUT2D eigenvalue weighted by molar-refractivity contribution is 6.31. The van der Waals surface area contributed by atoms with Crippen LogP contribution >= 0.6 is 11.6 Å². The van der Waals surface area contributed by atoms with Crippen molar-refractivity contribution >= 4 is 22.5 Å². The van der Waals surface area contributed by atoms with Crippen molar-refractivity contribution in [3.05, 3.63) is 114 Å². The average molecular weight is 423 g/mol. The van der Waals surface area contributed by atoms with Crippen molar-refractivity contribution in [2.75, 3.05) is 0 Å². The third-order valence-electron chi connectivity index (χ3n) is 5.20. The molecule has 0 amide bonds. The first-order valence-electron chi connectivity index (χ1n) is 10.0. The Kier molecular flexibility index (Phi) is 5.34. The van der Waals surface area contributed by atoms with Crippen LogP contribution in [0.5, 0.6) is 5.88 Å². The van der Waals surface area contributed by atoms with E-state index >= 15 is 0 Å². The maximum absolute atomic E-state index is 6.28. The number of rotatable bonds is 5. The number of nitrogens with zero attached hydrogens (tertiary/aromatic N) is 2. The van der Waals surface area contributed by atoms with Gasteiger partial charge in [0.2, 0.25) is 5.88 Å². The van der Waals surface area contributed by atoms with Crippen molar-refractivity contribution in [2.24, 2.45) is 0 Å². The number of pyridine rings is 2. The largest absolute Gasteiger partial charge is 0.473 e. The SMILES string of the molecule is Clc1ccc(-c2ccc(COc3ccc4ccccc4n3)cc2)c(-c2ccncc2)c1. The van der Waals surface area contributed by atoms with Crippen LogP contribution in [0.15, 0.2) is 103 Å². The lowest BCUT2D eigenvalue weighted by molar-refractivity contribution is 0.295. The van der Waals surface area contributed by atoms with Gasteiger partial charge in [-0.1, -0.05) is 60.1 Å². The molecule has 0 spiro atoms. The molecule has 4 heteroatoms. The van der Waals surface area contributed by atoms with Crippen LogP contribution in [-0.4, -0.2) is 9.97 Å². The molecule has 2 heterocycles. The molecule has 0 unspecified atom stereocenters. The molecule has 0 atom stereocenters. The molecule has 5 aromatic rings. The Morgan fingerprint density at radius 3 is 2.32 bits per heavy atom. The molecule has 150 valence electrons. The van der Waals surface area contributed by atoms with Crippen molar-refractivity contribution in [1.29, 1.82) is 0 Å². The molecule has 0 saturated carbocycles. The molecule has 31 heavy (non-hydrogen) atoms. The number of aromatic nitrogens is 2. The summed E-state index contributed by atoms with van der Waals surface area (Å²) in [6.45, 7) is 0.462. The average Bonchev–Trinajstić information content (AvgIpc) is 2.83. The highest BCUT2D eigenvalue weighted by Gasteiger charge is 2.09. The summed E-state index contributed by atoms with van der Waals surface area (Å²) in [7, 11) is 0. The van der Waals surface area contributed by atoms with Gasteiger partial charge in [0.15, 0.2) is 0 Å². The second kappa shape index (κ2) is 8.58. The Bertz CT molecular complexity index is 1330. The van der Waals surface area contributed by atoms with E-state index in [1.165, 1.54) is 0 Å². The van der Waals surface area contributed by atoms with Crippen LogP contribution in [0.4, 0.5) is 0 Å². The van der Waals surface area contributed by atoms with Crippen molar-refractivity contribution in [3.8, 4) is 28.1 Å². The predicted octanol–water partition coefficient (Wildman–Crippen LogP) is 7.20. The van der Waals surface area contributed by atoms with Gasteiger partial charge in [0, 0.05) is 28.9 Å². The molecule has 3 aromatic carbocycles. The van der Waals surface area contributed by atoms with Gasteiger partial charge in [-0.25, -0.2) is 4.98 Å². The quantitative estimate of drug-likeness (QED) is 0.300. The topological polar surface area (TPSA) is 35.0 Å². The predicted molar refractivity (Wildman–Crippen MR) is 126 cm³/mol. The highest BCUT2D eigenvalue weighted by Crippen LogP contribution is 2.34. The summed E-state index contributed by atoms with van der Waals surface area (Å²) in [6, 6.07) is 30.3. The van der Waals surface area contributed by atoms with Crippen LogP contribution in [-0.2, 0) is 6.61 Å². The van der Waals surface area contributed by atoms with Crippen molar-refractivity contribution in [1.82, 2.24) is 9.97 Å². The zero-order valence-corrected chi connectivity index (χ0v) is 17.5. The summed E-state index contributed by atoms with van der Waals surface area (Å²) in [5.74, 6) is 0.625. The molecule has 0 fully saturated rings. The Balaban J connectivity index is 1.37. The van der Waals surface area contributed by atoms with Gasteiger partial charge in [-0.05, 0) is 64.2 Å². The van der Waals surface area contributed by atoms with Crippen LogP contribution in [0.1, 0.15) is 5.56 Å². The second-order valence-electron chi connectivity index (χ2n) is 7.25. The Morgan fingerprint density at radius 2 is 1.48 bits per heavy atom. The van der Waals surface area contributed by atoms with Crippen molar-refractivity contribution < 1.29 is 4.74 Å². The summed E-state index contributed by atoms with van der Waals surface area (Å²) < 4.78 is 5.92. The number of hydrogen-bond donors (Lipinski definition) is 0. The summed E-state index contributed by atoms with van der Waals surface area (Å²) in [6.07, 6.45) is 3.59. The Hall–Kier alpha value is -3.69. The van der Waals surface area contributed by atoms with Crippen LogP contribution in [0.25, 0.3) is 33.2 Å². The van der Waals surface area contributed by atoms with Gasteiger partial charge in [0.1, 0.15) is 6.61 Å². The molecule has 5 rings (SSSR count). The molecule has 0 radical (unpaired) electrons. The first-order chi connectivity index (χ1) is 15.3. The van der Waals surface area contributed by atoms with Crippen molar-refractivity contribution in [2.45, 2.75) is 6.61 Å². The maximum atomic E-state index is 6.28. The van der Waals surface area contributed by atoms with Gasteiger partial charge in [-0.2, -0.15) is 0 Å². The number of hydrogen-bond acceptors (Lipinski definition) is 3. The molecule has 0 bridgehead atoms. The Labute approximate surface area is 186 Å². The van der Waals surface area contributed by atoms with E-state index in [1.54, 1.807) is 12.4 Å². The minimum atomic E-state index is 0.462. The Morgan fingerprint density at radius 1 is 0.710 bits per heavy atom. The summed E-state index contributed by atoms with van der Waals surface area (Å²) in [4.78, 5) is 8.69. The third kappa shape index (κ3) is 4.27. The summed E-state index contributed by atoms with van der Waals surface area (Å²) >= 11 is 6.28. The number of para-hydroxylation sites is 1. The van der Waals surface area contributed by atoms with Gasteiger partial charge >= 0.3 is 0 Å². The minimum Gasteiger partial charge on any atom is -0.473 e. The summed E-state index contributed by atoms with van der Waals surface area (Å²) in [5, 5.41) is 1.82. The highest BCUT2D eigenvalue weighted by atomic mass is 35.5. The molecular weight excluding hydrogens is 404 g/mol. The molecule has 0 aliphatic carbocycles. The van der Waals surface area contributed by atoms with E-state index in [2.05, 4.69) is 40.3 Å². The normalized spacial score (nSPS) is 10.9. The standard InChI is InChI=1S/C27H19ClN2O/c28-23-10-11-24(25(17-23)21-13-15-29-16-14-21)20-7-5-19(6-8-20)18-31-27-12-9-22-3-1-2-4-26(22)30-27/h1-17H,18H2. The van der Waals surface area contributed by atoms with Gasteiger partial charge in [0.25, 0.3) is 0 Å². The molecule has 3 nitrogen and oxygen atoms in total. The van der Waals surface area contributed by atoms with Crippen LogP contribution < -0.4 is 4.74 Å². The van der Waals surface area contributed by atoms with E-state index in [-0.39, 0.29) is 0 Å². The van der Waals surface area contributed by atoms with E-state index in [9.17, 15) is 0 Å². The number of fused-ring (bicyclic) bond motifs is 1. The van der Waals surface area contributed by atoms with Crippen LogP contribution in [0, 0.1) is 0 Å². The van der Waals surface area contributed by atoms with E-state index in [4.69, 9.17) is 16.3 Å². The lowest BCUT2D eigenvalue weighted by atomic mass is 9.94. The zero-order chi connectivity index (χ0) is 21.0. The number of ether oxygens (including phenoxy) is 1. The smallest absolute Gasteiger partial charge is 0.214 e. The van der Waals surface area contributed by atoms with E-state index < -0.39 is 0 Å². The fourth-order valence-electron chi connectivity index (χ4n) is 3.60. The fourth-order valence-corrected chi connectivity index (χ4v) is 3.78. The van der Waals surface area contributed by atoms with Gasteiger partial charge in [-0.3, -0.25) is 4.98 Å². The second-order valence-corrected chi connectivity index (χ2v) is 7.69. The first kappa shape index (κ1) is 19.3. The molecular formula is C27H19ClN2O. The minimum absolute atomic E-state index is 0.462. The lowest BCUT2D eigenvalue weighted by Gasteiger charge is -2.12. The molecule has 2 aromatic heterocycles. The van der Waals surface area contributed by atoms with Crippen LogP contribution in [0.3, 0.4) is 0 Å². The summed E-state index contributed by atoms with van der Waals surface area (Å²) in [5.41, 5.74) is 6.43. The molecule has 0 N–H and O–H groups in total. The number of halogens is 1. The molecule has 0 aliphatic rings. The monoisotopic (exact) mass is 422 g/mol. The molecule has 0 aliphatic heterocycles. The fraction of sp³-hybridized carbons (Fsp3) is 0.0370. The lowest BCUT2D eigenvalue weighted by Crippen LogP contribution is -1.97. The zero-order valence-electron chi connectivity index (χ0n) is 16.7. The maximum Gasteiger partial charge on any atom is 0.214 e. The van der Waals surface area contributed by atoms with E-state index in [0.29, 0.717) is 17.5 Å². The van der Waals surface area contributed by atoms with Gasteiger partial charge < -0.3 is 4.74 Å². The van der Waals surface area contributed by atoms with Crippen molar-refractivity contribution in [3.63, 3.8) is 0 Å². The van der Waals surface area contributed by atoms with Gasteiger partial charge in [-0.15, -0.1) is 0 Å². The molecule has 0 saturated heterocycles. The van der Waals surface area contributed by atoms with Crippen LogP contribution in [0.2, 0.25) is 5.02 Å². The number of benzene rings is 3. The van der Waals surface area contributed by atoms with E-state index in [0.717, 1.165) is 38.7 Å². The van der Waals surface area contributed by atoms with E-state index in [1.807, 2.05) is 60.7 Å². The first-order valence-corrected chi connectivity index (χ1v) is 10.4. The van der Waals surface area contributed by atoms with Gasteiger partial charge in [0.05, 0.1) is 5.52 Å².